The summed E-state index contributed by atoms with van der Waals surface area (Å²) in [4.78, 5) is 22.3. The predicted octanol–water partition coefficient (Wildman–Crippen LogP) is 4.31. The lowest BCUT2D eigenvalue weighted by Crippen LogP contribution is -2.34. The molecule has 0 aliphatic rings. The molecule has 0 fully saturated rings. The van der Waals surface area contributed by atoms with Crippen LogP contribution in [0.25, 0.3) is 0 Å². The minimum atomic E-state index is -0.601. The van der Waals surface area contributed by atoms with Gasteiger partial charge in [-0.3, -0.25) is 0 Å². The average Bonchev–Trinajstić information content (AvgIpc) is 2.38. The number of ether oxygens (including phenoxy) is 1. The quantitative estimate of drug-likeness (QED) is 0.810. The van der Waals surface area contributed by atoms with Crippen molar-refractivity contribution in [2.75, 3.05) is 4.90 Å². The number of anilines is 2. The molecule has 0 unspecified atom stereocenters. The van der Waals surface area contributed by atoms with Crippen LogP contribution in [0.15, 0.2) is 47.2 Å². The summed E-state index contributed by atoms with van der Waals surface area (Å²) in [6.07, 6.45) is 2.71. The highest BCUT2D eigenvalue weighted by Crippen LogP contribution is 2.26. The van der Waals surface area contributed by atoms with Gasteiger partial charge in [0, 0.05) is 16.9 Å². The van der Waals surface area contributed by atoms with Crippen LogP contribution in [-0.4, -0.2) is 21.7 Å². The maximum atomic E-state index is 12.5. The number of hydrogen-bond donors (Lipinski definition) is 0. The highest BCUT2D eigenvalue weighted by atomic mass is 79.9. The molecule has 2 rings (SSSR count). The molecule has 2 aromatic rings. The molecule has 0 atom stereocenters. The van der Waals surface area contributed by atoms with Crippen LogP contribution in [0.3, 0.4) is 0 Å². The molecule has 0 saturated carbocycles. The van der Waals surface area contributed by atoms with Crippen LogP contribution < -0.4 is 4.90 Å². The predicted molar refractivity (Wildman–Crippen MR) is 84.5 cm³/mol. The minimum Gasteiger partial charge on any atom is -0.443 e. The Hall–Kier alpha value is -1.95. The van der Waals surface area contributed by atoms with Crippen LogP contribution in [0.5, 0.6) is 0 Å². The molecule has 0 aliphatic carbocycles. The van der Waals surface area contributed by atoms with Crippen molar-refractivity contribution in [2.24, 2.45) is 0 Å². The number of carbonyl (C=O) groups excluding carboxylic acids is 1. The molecule has 2 heterocycles. The molecule has 1 amide bonds. The fourth-order valence-electron chi connectivity index (χ4n) is 1.61. The standard InChI is InChI=1S/C15H16BrN3O2/c1-15(2,3)21-14(20)19(12-6-4-5-8-17-12)13-10-11(16)7-9-18-13/h4-10H,1-3H3. The molecule has 0 aromatic carbocycles. The lowest BCUT2D eigenvalue weighted by atomic mass is 10.2. The van der Waals surface area contributed by atoms with Crippen LogP contribution >= 0.6 is 15.9 Å². The van der Waals surface area contributed by atoms with Gasteiger partial charge in [0.15, 0.2) is 0 Å². The van der Waals surface area contributed by atoms with Gasteiger partial charge in [-0.05, 0) is 45.0 Å². The summed E-state index contributed by atoms with van der Waals surface area (Å²) in [5, 5.41) is 0. The summed E-state index contributed by atoms with van der Waals surface area (Å²) in [5.74, 6) is 0.898. The van der Waals surface area contributed by atoms with Crippen molar-refractivity contribution in [1.82, 2.24) is 9.97 Å². The van der Waals surface area contributed by atoms with E-state index in [1.54, 1.807) is 42.7 Å². The Morgan fingerprint density at radius 3 is 2.43 bits per heavy atom. The minimum absolute atomic E-state index is 0.442. The first-order valence-electron chi connectivity index (χ1n) is 6.42. The second-order valence-electron chi connectivity index (χ2n) is 5.34. The maximum Gasteiger partial charge on any atom is 0.421 e. The first-order chi connectivity index (χ1) is 9.87. The number of pyridine rings is 2. The largest absolute Gasteiger partial charge is 0.443 e. The van der Waals surface area contributed by atoms with Gasteiger partial charge in [-0.1, -0.05) is 22.0 Å². The number of halogens is 1. The van der Waals surface area contributed by atoms with Gasteiger partial charge in [0.05, 0.1) is 0 Å². The van der Waals surface area contributed by atoms with Gasteiger partial charge in [-0.15, -0.1) is 0 Å². The van der Waals surface area contributed by atoms with Gasteiger partial charge in [0.25, 0.3) is 0 Å². The zero-order valence-corrected chi connectivity index (χ0v) is 13.7. The van der Waals surface area contributed by atoms with E-state index in [0.29, 0.717) is 11.6 Å². The van der Waals surface area contributed by atoms with Crippen molar-refractivity contribution in [2.45, 2.75) is 26.4 Å². The molecule has 21 heavy (non-hydrogen) atoms. The third-order valence-electron chi connectivity index (χ3n) is 2.39. The van der Waals surface area contributed by atoms with Crippen LogP contribution in [-0.2, 0) is 4.74 Å². The molecule has 0 spiro atoms. The Bertz CT molecular complexity index is 626. The number of hydrogen-bond acceptors (Lipinski definition) is 4. The zero-order chi connectivity index (χ0) is 15.5. The third kappa shape index (κ3) is 4.26. The summed E-state index contributed by atoms with van der Waals surface area (Å²) in [6, 6.07) is 8.84. The Kier molecular flexibility index (Phi) is 4.57. The normalized spacial score (nSPS) is 11.0. The van der Waals surface area contributed by atoms with E-state index in [1.165, 1.54) is 4.90 Å². The third-order valence-corrected chi connectivity index (χ3v) is 2.88. The number of aromatic nitrogens is 2. The smallest absolute Gasteiger partial charge is 0.421 e. The zero-order valence-electron chi connectivity index (χ0n) is 12.1. The SMILES string of the molecule is CC(C)(C)OC(=O)N(c1ccccn1)c1cc(Br)ccn1. The Balaban J connectivity index is 2.43. The molecule has 0 radical (unpaired) electrons. The summed E-state index contributed by atoms with van der Waals surface area (Å²) in [6.45, 7) is 5.45. The molecule has 2 aromatic heterocycles. The average molecular weight is 350 g/mol. The van der Waals surface area contributed by atoms with Crippen LogP contribution in [0.1, 0.15) is 20.8 Å². The lowest BCUT2D eigenvalue weighted by Gasteiger charge is -2.26. The van der Waals surface area contributed by atoms with E-state index in [1.807, 2.05) is 20.8 Å². The van der Waals surface area contributed by atoms with Crippen LogP contribution in [0.2, 0.25) is 0 Å². The number of carbonyl (C=O) groups is 1. The summed E-state index contributed by atoms with van der Waals surface area (Å²) in [7, 11) is 0. The molecule has 0 aliphatic heterocycles. The Labute approximate surface area is 132 Å². The van der Waals surface area contributed by atoms with E-state index in [9.17, 15) is 4.79 Å². The van der Waals surface area contributed by atoms with E-state index in [-0.39, 0.29) is 0 Å². The van der Waals surface area contributed by atoms with E-state index in [4.69, 9.17) is 4.74 Å². The summed E-state index contributed by atoms with van der Waals surface area (Å²) in [5.41, 5.74) is -0.601. The second kappa shape index (κ2) is 6.22. The molecule has 0 N–H and O–H groups in total. The first-order valence-corrected chi connectivity index (χ1v) is 7.22. The van der Waals surface area contributed by atoms with E-state index in [0.717, 1.165) is 4.47 Å². The molecule has 110 valence electrons. The first kappa shape index (κ1) is 15.4. The van der Waals surface area contributed by atoms with Crippen molar-refractivity contribution in [3.63, 3.8) is 0 Å². The monoisotopic (exact) mass is 349 g/mol. The second-order valence-corrected chi connectivity index (χ2v) is 6.25. The van der Waals surface area contributed by atoms with Crippen LogP contribution in [0, 0.1) is 0 Å². The van der Waals surface area contributed by atoms with Gasteiger partial charge in [-0.25, -0.2) is 19.7 Å². The Morgan fingerprint density at radius 1 is 1.14 bits per heavy atom. The van der Waals surface area contributed by atoms with Gasteiger partial charge < -0.3 is 4.74 Å². The molecular weight excluding hydrogens is 334 g/mol. The van der Waals surface area contributed by atoms with E-state index < -0.39 is 11.7 Å². The van der Waals surface area contributed by atoms with Crippen LogP contribution in [0.4, 0.5) is 16.4 Å². The molecule has 5 nitrogen and oxygen atoms in total. The number of amides is 1. The molecule has 0 saturated heterocycles. The summed E-state index contributed by atoms with van der Waals surface area (Å²) >= 11 is 3.37. The Morgan fingerprint density at radius 2 is 1.86 bits per heavy atom. The van der Waals surface area contributed by atoms with E-state index in [2.05, 4.69) is 25.9 Å². The molecular formula is C15H16BrN3O2. The van der Waals surface area contributed by atoms with Crippen molar-refractivity contribution >= 4 is 33.7 Å². The molecule has 6 heteroatoms. The highest BCUT2D eigenvalue weighted by Gasteiger charge is 2.26. The number of rotatable bonds is 2. The number of nitrogens with zero attached hydrogens (tertiary/aromatic N) is 3. The van der Waals surface area contributed by atoms with Crippen molar-refractivity contribution in [3.05, 3.63) is 47.2 Å². The fourth-order valence-corrected chi connectivity index (χ4v) is 1.94. The maximum absolute atomic E-state index is 12.5. The lowest BCUT2D eigenvalue weighted by molar-refractivity contribution is 0.0597. The summed E-state index contributed by atoms with van der Waals surface area (Å²) < 4.78 is 6.26. The van der Waals surface area contributed by atoms with Crippen molar-refractivity contribution in [1.29, 1.82) is 0 Å². The fraction of sp³-hybridized carbons (Fsp3) is 0.267. The van der Waals surface area contributed by atoms with Gasteiger partial charge in [-0.2, -0.15) is 0 Å². The van der Waals surface area contributed by atoms with Crippen molar-refractivity contribution in [3.8, 4) is 0 Å². The van der Waals surface area contributed by atoms with Crippen molar-refractivity contribution < 1.29 is 9.53 Å². The topological polar surface area (TPSA) is 55.3 Å². The highest BCUT2D eigenvalue weighted by molar-refractivity contribution is 9.10. The molecule has 0 bridgehead atoms. The van der Waals surface area contributed by atoms with Gasteiger partial charge in [0.2, 0.25) is 0 Å². The van der Waals surface area contributed by atoms with Gasteiger partial charge >= 0.3 is 6.09 Å². The van der Waals surface area contributed by atoms with Gasteiger partial charge in [0.1, 0.15) is 17.2 Å². The van der Waals surface area contributed by atoms with E-state index >= 15 is 0 Å².